The van der Waals surface area contributed by atoms with Crippen LogP contribution in [0, 0.1) is 6.92 Å². The van der Waals surface area contributed by atoms with Crippen molar-refractivity contribution in [3.8, 4) is 0 Å². The fourth-order valence-electron chi connectivity index (χ4n) is 3.14. The van der Waals surface area contributed by atoms with Crippen LogP contribution in [0.25, 0.3) is 6.20 Å². The zero-order chi connectivity index (χ0) is 16.1. The van der Waals surface area contributed by atoms with Crippen molar-refractivity contribution in [3.63, 3.8) is 0 Å². The van der Waals surface area contributed by atoms with Gasteiger partial charge in [-0.3, -0.25) is 4.90 Å². The Labute approximate surface area is 138 Å². The van der Waals surface area contributed by atoms with E-state index in [1.807, 2.05) is 10.9 Å². The predicted molar refractivity (Wildman–Crippen MR) is 92.9 cm³/mol. The maximum atomic E-state index is 5.84. The topological polar surface area (TPSA) is 30.3 Å². The number of ether oxygens (including phenoxy) is 1. The van der Waals surface area contributed by atoms with Gasteiger partial charge in [-0.25, -0.2) is 4.68 Å². The highest BCUT2D eigenvalue weighted by Crippen LogP contribution is 2.18. The van der Waals surface area contributed by atoms with Crippen LogP contribution in [0.5, 0.6) is 0 Å². The first kappa shape index (κ1) is 16.0. The molecule has 0 amide bonds. The zero-order valence-electron chi connectivity index (χ0n) is 13.8. The fraction of sp³-hybridized carbons (Fsp3) is 0.421. The second-order valence-corrected chi connectivity index (χ2v) is 6.17. The molecule has 0 N–H and O–H groups in total. The smallest absolute Gasteiger partial charge is 0.0703 e. The third kappa shape index (κ3) is 4.09. The quantitative estimate of drug-likeness (QED) is 0.784. The van der Waals surface area contributed by atoms with Crippen LogP contribution >= 0.6 is 0 Å². The summed E-state index contributed by atoms with van der Waals surface area (Å²) < 4.78 is 7.67. The van der Waals surface area contributed by atoms with Crippen molar-refractivity contribution >= 4 is 6.20 Å². The Balaban J connectivity index is 1.73. The average molecular weight is 311 g/mol. The van der Waals surface area contributed by atoms with Crippen LogP contribution in [-0.2, 0) is 17.8 Å². The molecule has 122 valence electrons. The van der Waals surface area contributed by atoms with Crippen molar-refractivity contribution in [3.05, 3.63) is 59.9 Å². The molecule has 1 atom stereocenters. The summed E-state index contributed by atoms with van der Waals surface area (Å²) in [4.78, 5) is 2.46. The van der Waals surface area contributed by atoms with Crippen LogP contribution in [0.2, 0.25) is 0 Å². The van der Waals surface area contributed by atoms with E-state index in [0.29, 0.717) is 6.10 Å². The van der Waals surface area contributed by atoms with Crippen molar-refractivity contribution < 1.29 is 4.74 Å². The molecule has 1 aliphatic heterocycles. The summed E-state index contributed by atoms with van der Waals surface area (Å²) in [7, 11) is 0. The monoisotopic (exact) mass is 311 g/mol. The summed E-state index contributed by atoms with van der Waals surface area (Å²) in [6.45, 7) is 9.58. The van der Waals surface area contributed by atoms with Gasteiger partial charge in [0.1, 0.15) is 0 Å². The number of nitrogens with zero attached hydrogens (tertiary/aromatic N) is 3. The van der Waals surface area contributed by atoms with Crippen LogP contribution in [0.3, 0.4) is 0 Å². The van der Waals surface area contributed by atoms with E-state index in [0.717, 1.165) is 38.4 Å². The molecule has 23 heavy (non-hydrogen) atoms. The van der Waals surface area contributed by atoms with Gasteiger partial charge < -0.3 is 4.74 Å². The SMILES string of the molecule is C=Cn1ncc(CN(Cc2ccccc2)CC2CCCO2)c1C. The summed E-state index contributed by atoms with van der Waals surface area (Å²) in [5.74, 6) is 0. The molecule has 0 aliphatic carbocycles. The first-order chi connectivity index (χ1) is 11.3. The zero-order valence-corrected chi connectivity index (χ0v) is 13.8. The second-order valence-electron chi connectivity index (χ2n) is 6.17. The van der Waals surface area contributed by atoms with Gasteiger partial charge in [-0.2, -0.15) is 5.10 Å². The number of aromatic nitrogens is 2. The molecule has 1 aliphatic rings. The van der Waals surface area contributed by atoms with E-state index in [1.165, 1.54) is 17.5 Å². The largest absolute Gasteiger partial charge is 0.377 e. The molecule has 1 unspecified atom stereocenters. The van der Waals surface area contributed by atoms with E-state index in [4.69, 9.17) is 4.74 Å². The van der Waals surface area contributed by atoms with E-state index in [1.54, 1.807) is 6.20 Å². The molecule has 1 fully saturated rings. The lowest BCUT2D eigenvalue weighted by atomic mass is 10.1. The third-order valence-electron chi connectivity index (χ3n) is 4.45. The summed E-state index contributed by atoms with van der Waals surface area (Å²) in [6, 6.07) is 10.6. The molecule has 0 radical (unpaired) electrons. The minimum absolute atomic E-state index is 0.355. The highest BCUT2D eigenvalue weighted by molar-refractivity contribution is 5.26. The third-order valence-corrected chi connectivity index (χ3v) is 4.45. The normalized spacial score (nSPS) is 17.7. The lowest BCUT2D eigenvalue weighted by molar-refractivity contribution is 0.0678. The van der Waals surface area contributed by atoms with E-state index in [9.17, 15) is 0 Å². The Morgan fingerprint density at radius 3 is 2.83 bits per heavy atom. The van der Waals surface area contributed by atoms with Crippen LogP contribution < -0.4 is 0 Å². The lowest BCUT2D eigenvalue weighted by Crippen LogP contribution is -2.31. The molecule has 1 saturated heterocycles. The average Bonchev–Trinajstić information content (AvgIpc) is 3.19. The van der Waals surface area contributed by atoms with Crippen LogP contribution in [0.1, 0.15) is 29.7 Å². The maximum Gasteiger partial charge on any atom is 0.0703 e. The van der Waals surface area contributed by atoms with Crippen molar-refractivity contribution in [1.29, 1.82) is 0 Å². The minimum atomic E-state index is 0.355. The number of hydrogen-bond acceptors (Lipinski definition) is 3. The summed E-state index contributed by atoms with van der Waals surface area (Å²) in [5.41, 5.74) is 3.74. The first-order valence-corrected chi connectivity index (χ1v) is 8.29. The van der Waals surface area contributed by atoms with E-state index in [-0.39, 0.29) is 0 Å². The molecule has 4 nitrogen and oxygen atoms in total. The van der Waals surface area contributed by atoms with Gasteiger partial charge in [0.15, 0.2) is 0 Å². The van der Waals surface area contributed by atoms with Crippen molar-refractivity contribution in [2.24, 2.45) is 0 Å². The highest BCUT2D eigenvalue weighted by atomic mass is 16.5. The summed E-state index contributed by atoms with van der Waals surface area (Å²) in [5, 5.41) is 4.37. The predicted octanol–water partition coefficient (Wildman–Crippen LogP) is 3.47. The number of rotatable bonds is 7. The Morgan fingerprint density at radius 1 is 1.35 bits per heavy atom. The molecular formula is C19H25N3O. The highest BCUT2D eigenvalue weighted by Gasteiger charge is 2.20. The summed E-state index contributed by atoms with van der Waals surface area (Å²) >= 11 is 0. The van der Waals surface area contributed by atoms with Gasteiger partial charge >= 0.3 is 0 Å². The first-order valence-electron chi connectivity index (χ1n) is 8.29. The Kier molecular flexibility index (Phi) is 5.26. The molecule has 2 aromatic rings. The molecule has 0 spiro atoms. The molecule has 1 aromatic carbocycles. The lowest BCUT2D eigenvalue weighted by Gasteiger charge is -2.25. The van der Waals surface area contributed by atoms with E-state index in [2.05, 4.69) is 53.8 Å². The molecular weight excluding hydrogens is 286 g/mol. The Morgan fingerprint density at radius 2 is 2.17 bits per heavy atom. The van der Waals surface area contributed by atoms with Crippen molar-refractivity contribution in [2.75, 3.05) is 13.2 Å². The molecule has 3 rings (SSSR count). The minimum Gasteiger partial charge on any atom is -0.377 e. The van der Waals surface area contributed by atoms with Gasteiger partial charge in [0.05, 0.1) is 12.3 Å². The second kappa shape index (κ2) is 7.57. The number of benzene rings is 1. The van der Waals surface area contributed by atoms with E-state index < -0.39 is 0 Å². The standard InChI is InChI=1S/C19H25N3O/c1-3-22-16(2)18(12-20-22)14-21(15-19-10-7-11-23-19)13-17-8-5-4-6-9-17/h3-6,8-9,12,19H,1,7,10-11,13-15H2,2H3. The van der Waals surface area contributed by atoms with Crippen molar-refractivity contribution in [1.82, 2.24) is 14.7 Å². The Bertz CT molecular complexity index is 629. The van der Waals surface area contributed by atoms with Crippen LogP contribution in [0.15, 0.2) is 43.1 Å². The number of hydrogen-bond donors (Lipinski definition) is 0. The van der Waals surface area contributed by atoms with Gasteiger partial charge in [0.2, 0.25) is 0 Å². The van der Waals surface area contributed by atoms with Gasteiger partial charge in [-0.1, -0.05) is 36.9 Å². The molecule has 0 bridgehead atoms. The van der Waals surface area contributed by atoms with Gasteiger partial charge in [0.25, 0.3) is 0 Å². The summed E-state index contributed by atoms with van der Waals surface area (Å²) in [6.07, 6.45) is 6.40. The molecule has 0 saturated carbocycles. The Hall–Kier alpha value is -1.91. The van der Waals surface area contributed by atoms with Crippen LogP contribution in [0.4, 0.5) is 0 Å². The van der Waals surface area contributed by atoms with Crippen LogP contribution in [-0.4, -0.2) is 33.9 Å². The molecule has 2 heterocycles. The fourth-order valence-corrected chi connectivity index (χ4v) is 3.14. The van der Waals surface area contributed by atoms with Gasteiger partial charge in [0, 0.05) is 43.7 Å². The van der Waals surface area contributed by atoms with Gasteiger partial charge in [-0.15, -0.1) is 0 Å². The molecule has 1 aromatic heterocycles. The van der Waals surface area contributed by atoms with Crippen molar-refractivity contribution in [2.45, 2.75) is 39.0 Å². The van der Waals surface area contributed by atoms with Gasteiger partial charge in [-0.05, 0) is 25.3 Å². The van der Waals surface area contributed by atoms with E-state index >= 15 is 0 Å². The molecule has 4 heteroatoms. The maximum absolute atomic E-state index is 5.84.